The van der Waals surface area contributed by atoms with Crippen LogP contribution in [0.5, 0.6) is 0 Å². The molecule has 0 radical (unpaired) electrons. The van der Waals surface area contributed by atoms with Crippen LogP contribution in [0.25, 0.3) is 11.2 Å². The lowest BCUT2D eigenvalue weighted by Crippen LogP contribution is -2.51. The average molecular weight is 487 g/mol. The van der Waals surface area contributed by atoms with Crippen molar-refractivity contribution in [3.8, 4) is 0 Å². The Labute approximate surface area is 205 Å². The summed E-state index contributed by atoms with van der Waals surface area (Å²) in [6.45, 7) is 12.1. The normalized spacial score (nSPS) is 25.2. The van der Waals surface area contributed by atoms with Gasteiger partial charge in [0.1, 0.15) is 11.3 Å². The van der Waals surface area contributed by atoms with Crippen LogP contribution in [0, 0.1) is 12.8 Å². The molecule has 4 atom stereocenters. The van der Waals surface area contributed by atoms with Crippen LogP contribution in [0.15, 0.2) is 24.4 Å². The maximum Gasteiger partial charge on any atom is 0.179 e. The third kappa shape index (κ3) is 4.22. The van der Waals surface area contributed by atoms with Crippen molar-refractivity contribution in [2.45, 2.75) is 65.1 Å². The highest BCUT2D eigenvalue weighted by atomic mass is 35.5. The van der Waals surface area contributed by atoms with Crippen LogP contribution in [-0.2, 0) is 0 Å². The number of hydrogen-bond donors (Lipinski definition) is 0. The van der Waals surface area contributed by atoms with E-state index in [1.54, 1.807) is 6.07 Å². The summed E-state index contributed by atoms with van der Waals surface area (Å²) in [5.74, 6) is 1.52. The van der Waals surface area contributed by atoms with E-state index in [4.69, 9.17) is 38.3 Å². The van der Waals surface area contributed by atoms with Crippen LogP contribution >= 0.6 is 23.2 Å². The predicted molar refractivity (Wildman–Crippen MR) is 136 cm³/mol. The Bertz CT molecular complexity index is 1160. The minimum absolute atomic E-state index is 0.0863. The molecule has 0 amide bonds. The Hall–Kier alpha value is -1.89. The van der Waals surface area contributed by atoms with Crippen LogP contribution in [0.3, 0.4) is 0 Å². The third-order valence-electron chi connectivity index (χ3n) is 7.55. The van der Waals surface area contributed by atoms with E-state index in [-0.39, 0.29) is 6.04 Å². The lowest BCUT2D eigenvalue weighted by Gasteiger charge is -2.43. The SMILES string of the molecule is Cc1nn(C(C)c2ccc(Cl)cc2Cl)c2nc(N3CC[C@H](N4CCC[C@H]4C)[C@H](C)C3)cnc12. The van der Waals surface area contributed by atoms with Crippen molar-refractivity contribution in [3.05, 3.63) is 45.7 Å². The quantitative estimate of drug-likeness (QED) is 0.469. The number of halogens is 2. The number of rotatable bonds is 4. The number of aromatic nitrogens is 4. The fourth-order valence-corrected chi connectivity index (χ4v) is 6.28. The molecule has 0 bridgehead atoms. The van der Waals surface area contributed by atoms with Crippen LogP contribution in [0.2, 0.25) is 10.0 Å². The van der Waals surface area contributed by atoms with Gasteiger partial charge in [0.05, 0.1) is 17.9 Å². The summed E-state index contributed by atoms with van der Waals surface area (Å²) in [6, 6.07) is 6.88. The van der Waals surface area contributed by atoms with Crippen LogP contribution < -0.4 is 4.90 Å². The van der Waals surface area contributed by atoms with Crippen molar-refractivity contribution < 1.29 is 0 Å². The lowest BCUT2D eigenvalue weighted by molar-refractivity contribution is 0.122. The summed E-state index contributed by atoms with van der Waals surface area (Å²) in [5.41, 5.74) is 3.47. The van der Waals surface area contributed by atoms with E-state index in [9.17, 15) is 0 Å². The summed E-state index contributed by atoms with van der Waals surface area (Å²) in [4.78, 5) is 15.0. The summed E-state index contributed by atoms with van der Waals surface area (Å²) in [5, 5.41) is 6.04. The van der Waals surface area contributed by atoms with E-state index in [2.05, 4.69) is 30.6 Å². The Morgan fingerprint density at radius 3 is 2.64 bits per heavy atom. The Morgan fingerprint density at radius 2 is 1.94 bits per heavy atom. The summed E-state index contributed by atoms with van der Waals surface area (Å²) < 4.78 is 1.94. The molecule has 0 saturated carbocycles. The molecule has 1 aromatic carbocycles. The summed E-state index contributed by atoms with van der Waals surface area (Å²) in [6.07, 6.45) is 5.73. The Balaban J connectivity index is 1.43. The zero-order chi connectivity index (χ0) is 23.3. The van der Waals surface area contributed by atoms with Gasteiger partial charge >= 0.3 is 0 Å². The van der Waals surface area contributed by atoms with Gasteiger partial charge in [0, 0.05) is 35.2 Å². The number of benzene rings is 1. The number of likely N-dealkylation sites (tertiary alicyclic amines) is 1. The van der Waals surface area contributed by atoms with E-state index in [0.29, 0.717) is 28.0 Å². The Morgan fingerprint density at radius 1 is 1.12 bits per heavy atom. The van der Waals surface area contributed by atoms with Crippen molar-refractivity contribution in [2.24, 2.45) is 5.92 Å². The molecule has 33 heavy (non-hydrogen) atoms. The fourth-order valence-electron chi connectivity index (χ4n) is 5.72. The maximum atomic E-state index is 6.51. The highest BCUT2D eigenvalue weighted by Crippen LogP contribution is 2.33. The van der Waals surface area contributed by atoms with Crippen molar-refractivity contribution in [1.29, 1.82) is 0 Å². The molecule has 0 aliphatic carbocycles. The van der Waals surface area contributed by atoms with Gasteiger partial charge in [0.2, 0.25) is 0 Å². The van der Waals surface area contributed by atoms with E-state index in [1.807, 2.05) is 29.9 Å². The molecule has 1 unspecified atom stereocenters. The lowest BCUT2D eigenvalue weighted by atomic mass is 9.92. The first-order valence-electron chi connectivity index (χ1n) is 12.0. The summed E-state index contributed by atoms with van der Waals surface area (Å²) in [7, 11) is 0. The molecule has 2 aliphatic heterocycles. The molecule has 2 aliphatic rings. The van der Waals surface area contributed by atoms with Gasteiger partial charge < -0.3 is 4.90 Å². The zero-order valence-corrected chi connectivity index (χ0v) is 21.3. The second-order valence-corrected chi connectivity index (χ2v) is 10.6. The first-order chi connectivity index (χ1) is 15.8. The average Bonchev–Trinajstić information content (AvgIpc) is 3.36. The molecular weight excluding hydrogens is 455 g/mol. The van der Waals surface area contributed by atoms with Crippen molar-refractivity contribution >= 4 is 40.2 Å². The van der Waals surface area contributed by atoms with Gasteiger partial charge in [0.25, 0.3) is 0 Å². The van der Waals surface area contributed by atoms with Gasteiger partial charge in [-0.25, -0.2) is 14.6 Å². The van der Waals surface area contributed by atoms with Crippen molar-refractivity contribution in [3.63, 3.8) is 0 Å². The van der Waals surface area contributed by atoms with Crippen LogP contribution in [0.1, 0.15) is 57.3 Å². The molecule has 6 nitrogen and oxygen atoms in total. The second-order valence-electron chi connectivity index (χ2n) is 9.78. The molecule has 0 N–H and O–H groups in total. The molecule has 2 aromatic heterocycles. The molecule has 5 rings (SSSR count). The number of anilines is 1. The van der Waals surface area contributed by atoms with Crippen molar-refractivity contribution in [2.75, 3.05) is 24.5 Å². The fraction of sp³-hybridized carbons (Fsp3) is 0.560. The molecule has 4 heterocycles. The first-order valence-corrected chi connectivity index (χ1v) is 12.8. The summed E-state index contributed by atoms with van der Waals surface area (Å²) >= 11 is 12.6. The van der Waals surface area contributed by atoms with Crippen LogP contribution in [-0.4, -0.2) is 56.4 Å². The molecule has 3 aromatic rings. The number of fused-ring (bicyclic) bond motifs is 1. The minimum Gasteiger partial charge on any atom is -0.355 e. The van der Waals surface area contributed by atoms with Crippen LogP contribution in [0.4, 0.5) is 5.82 Å². The van der Waals surface area contributed by atoms with Gasteiger partial charge in [-0.1, -0.05) is 36.2 Å². The molecule has 2 saturated heterocycles. The minimum atomic E-state index is -0.0863. The van der Waals surface area contributed by atoms with Gasteiger partial charge in [0.15, 0.2) is 5.65 Å². The monoisotopic (exact) mass is 486 g/mol. The second kappa shape index (κ2) is 9.05. The number of piperidine rings is 1. The highest BCUT2D eigenvalue weighted by molar-refractivity contribution is 6.35. The molecule has 176 valence electrons. The highest BCUT2D eigenvalue weighted by Gasteiger charge is 2.35. The standard InChI is InChI=1S/C25H32Cl2N6/c1-15-14-31(11-9-22(15)32-10-5-6-16(32)2)23-13-28-24-17(3)30-33(25(24)29-23)18(4)20-8-7-19(26)12-21(20)27/h7-8,12-13,15-16,18,22H,5-6,9-11,14H2,1-4H3/t15-,16-,18?,22+/m1/s1. The first kappa shape index (κ1) is 22.9. The number of aryl methyl sites for hydroxylation is 1. The molecule has 0 spiro atoms. The molecular formula is C25H32Cl2N6. The molecule has 2 fully saturated rings. The van der Waals surface area contributed by atoms with E-state index >= 15 is 0 Å². The van der Waals surface area contributed by atoms with Gasteiger partial charge in [-0.2, -0.15) is 5.10 Å². The third-order valence-corrected chi connectivity index (χ3v) is 8.12. The van der Waals surface area contributed by atoms with Gasteiger partial charge in [-0.3, -0.25) is 4.90 Å². The zero-order valence-electron chi connectivity index (χ0n) is 19.8. The van der Waals surface area contributed by atoms with Crippen molar-refractivity contribution in [1.82, 2.24) is 24.6 Å². The largest absolute Gasteiger partial charge is 0.355 e. The number of hydrogen-bond acceptors (Lipinski definition) is 5. The molecule has 8 heteroatoms. The van der Waals surface area contributed by atoms with E-state index in [1.165, 1.54) is 25.8 Å². The number of nitrogens with zero attached hydrogens (tertiary/aromatic N) is 6. The van der Waals surface area contributed by atoms with Gasteiger partial charge in [-0.05, 0) is 70.2 Å². The van der Waals surface area contributed by atoms with Gasteiger partial charge in [-0.15, -0.1) is 0 Å². The predicted octanol–water partition coefficient (Wildman–Crippen LogP) is 5.75. The topological polar surface area (TPSA) is 50.1 Å². The van der Waals surface area contributed by atoms with E-state index in [0.717, 1.165) is 41.3 Å². The van der Waals surface area contributed by atoms with E-state index < -0.39 is 0 Å². The maximum absolute atomic E-state index is 6.51. The smallest absolute Gasteiger partial charge is 0.179 e. The Kier molecular flexibility index (Phi) is 6.27.